The smallest absolute Gasteiger partial charge is 0.0666 e. The van der Waals surface area contributed by atoms with Gasteiger partial charge in [0.1, 0.15) is 0 Å². The van der Waals surface area contributed by atoms with Crippen LogP contribution in [0.5, 0.6) is 0 Å². The van der Waals surface area contributed by atoms with Gasteiger partial charge in [-0.2, -0.15) is 5.26 Å². The molecule has 0 heterocycles. The molecule has 1 unspecified atom stereocenters. The van der Waals surface area contributed by atoms with Gasteiger partial charge in [-0.05, 0) is 31.2 Å². The molecule has 0 aliphatic carbocycles. The normalized spacial score (nSPS) is 12.4. The van der Waals surface area contributed by atoms with Crippen molar-refractivity contribution in [3.8, 4) is 6.07 Å². The first-order valence-electron chi connectivity index (χ1n) is 5.52. The van der Waals surface area contributed by atoms with Crippen molar-refractivity contribution in [2.45, 2.75) is 20.4 Å². The van der Waals surface area contributed by atoms with Crippen molar-refractivity contribution in [1.29, 1.82) is 5.26 Å². The lowest BCUT2D eigenvalue weighted by atomic mass is 10.1. The molecule has 0 amide bonds. The van der Waals surface area contributed by atoms with Crippen molar-refractivity contribution in [2.75, 3.05) is 13.1 Å². The van der Waals surface area contributed by atoms with Gasteiger partial charge in [-0.15, -0.1) is 0 Å². The van der Waals surface area contributed by atoms with E-state index in [1.165, 1.54) is 5.56 Å². The predicted molar refractivity (Wildman–Crippen MR) is 69.9 cm³/mol. The van der Waals surface area contributed by atoms with Gasteiger partial charge in [0.15, 0.2) is 0 Å². The molecule has 1 aromatic rings. The van der Waals surface area contributed by atoms with Gasteiger partial charge >= 0.3 is 0 Å². The van der Waals surface area contributed by atoms with Gasteiger partial charge in [0.2, 0.25) is 0 Å². The Morgan fingerprint density at radius 1 is 1.38 bits per heavy atom. The molecule has 0 saturated carbocycles. The maximum Gasteiger partial charge on any atom is 0.0666 e. The summed E-state index contributed by atoms with van der Waals surface area (Å²) in [6.07, 6.45) is 0. The average Bonchev–Trinajstić information content (AvgIpc) is 2.30. The summed E-state index contributed by atoms with van der Waals surface area (Å²) in [4.78, 5) is 2.29. The Morgan fingerprint density at radius 3 is 2.50 bits per heavy atom. The number of halogens is 1. The Morgan fingerprint density at radius 2 is 2.00 bits per heavy atom. The maximum atomic E-state index is 8.80. The van der Waals surface area contributed by atoms with E-state index >= 15 is 0 Å². The van der Waals surface area contributed by atoms with Crippen molar-refractivity contribution < 1.29 is 0 Å². The predicted octanol–water partition coefficient (Wildman–Crippen LogP) is 3.43. The summed E-state index contributed by atoms with van der Waals surface area (Å²) in [6, 6.07) is 10.6. The first kappa shape index (κ1) is 13.2. The largest absolute Gasteiger partial charge is 0.298 e. The van der Waals surface area contributed by atoms with E-state index < -0.39 is 0 Å². The van der Waals surface area contributed by atoms with Crippen LogP contribution in [0.3, 0.4) is 0 Å². The molecule has 0 radical (unpaired) electrons. The molecule has 0 aromatic heterocycles. The van der Waals surface area contributed by atoms with Crippen LogP contribution < -0.4 is 0 Å². The molecule has 1 rings (SSSR count). The Balaban J connectivity index is 2.56. The van der Waals surface area contributed by atoms with Gasteiger partial charge in [0.05, 0.1) is 12.0 Å². The lowest BCUT2D eigenvalue weighted by Gasteiger charge is -2.21. The fourth-order valence-corrected chi connectivity index (χ4v) is 1.85. The van der Waals surface area contributed by atoms with Crippen LogP contribution in [0.4, 0.5) is 0 Å². The maximum absolute atomic E-state index is 8.80. The van der Waals surface area contributed by atoms with Crippen molar-refractivity contribution in [1.82, 2.24) is 4.90 Å². The van der Waals surface area contributed by atoms with E-state index in [-0.39, 0.29) is 5.92 Å². The average molecular weight is 281 g/mol. The number of hydrogen-bond acceptors (Lipinski definition) is 2. The van der Waals surface area contributed by atoms with Crippen LogP contribution in [0.2, 0.25) is 0 Å². The summed E-state index contributed by atoms with van der Waals surface area (Å²) in [5.74, 6) is 0.0930. The third kappa shape index (κ3) is 4.34. The van der Waals surface area contributed by atoms with Crippen LogP contribution in [-0.4, -0.2) is 18.0 Å². The minimum Gasteiger partial charge on any atom is -0.298 e. The number of nitrogens with zero attached hydrogens (tertiary/aromatic N) is 2. The lowest BCUT2D eigenvalue weighted by Crippen LogP contribution is -2.27. The molecule has 2 nitrogen and oxygen atoms in total. The third-order valence-electron chi connectivity index (χ3n) is 2.52. The second kappa shape index (κ2) is 6.67. The highest BCUT2D eigenvalue weighted by atomic mass is 79.9. The van der Waals surface area contributed by atoms with E-state index in [1.807, 2.05) is 6.92 Å². The SMILES string of the molecule is CCN(Cc1ccc(Br)cc1)CC(C)C#N. The lowest BCUT2D eigenvalue weighted by molar-refractivity contribution is 0.260. The molecule has 0 aliphatic rings. The number of rotatable bonds is 5. The molecule has 16 heavy (non-hydrogen) atoms. The van der Waals surface area contributed by atoms with E-state index in [0.717, 1.165) is 24.1 Å². The Kier molecular flexibility index (Phi) is 5.51. The fourth-order valence-electron chi connectivity index (χ4n) is 1.58. The molecule has 3 heteroatoms. The summed E-state index contributed by atoms with van der Waals surface area (Å²) < 4.78 is 1.10. The van der Waals surface area contributed by atoms with Gasteiger partial charge in [0, 0.05) is 17.6 Å². The van der Waals surface area contributed by atoms with E-state index in [0.29, 0.717) is 0 Å². The standard InChI is InChI=1S/C13H17BrN2/c1-3-16(9-11(2)8-15)10-12-4-6-13(14)7-5-12/h4-7,11H,3,9-10H2,1-2H3. The van der Waals surface area contributed by atoms with Crippen molar-refractivity contribution in [3.05, 3.63) is 34.3 Å². The van der Waals surface area contributed by atoms with Gasteiger partial charge in [0.25, 0.3) is 0 Å². The summed E-state index contributed by atoms with van der Waals surface area (Å²) >= 11 is 3.42. The zero-order valence-electron chi connectivity index (χ0n) is 9.78. The van der Waals surface area contributed by atoms with E-state index in [4.69, 9.17) is 5.26 Å². The minimum absolute atomic E-state index is 0.0930. The van der Waals surface area contributed by atoms with Crippen molar-refractivity contribution >= 4 is 15.9 Å². The quantitative estimate of drug-likeness (QED) is 0.826. The van der Waals surface area contributed by atoms with Crippen LogP contribution in [-0.2, 0) is 6.54 Å². The van der Waals surface area contributed by atoms with Gasteiger partial charge in [-0.1, -0.05) is 35.0 Å². The van der Waals surface area contributed by atoms with Gasteiger partial charge in [-0.3, -0.25) is 4.90 Å². The van der Waals surface area contributed by atoms with E-state index in [1.54, 1.807) is 0 Å². The first-order chi connectivity index (χ1) is 7.65. The topological polar surface area (TPSA) is 27.0 Å². The Labute approximate surface area is 106 Å². The second-order valence-electron chi connectivity index (χ2n) is 3.98. The van der Waals surface area contributed by atoms with E-state index in [9.17, 15) is 0 Å². The zero-order chi connectivity index (χ0) is 12.0. The second-order valence-corrected chi connectivity index (χ2v) is 4.90. The molecule has 86 valence electrons. The Hall–Kier alpha value is -0.850. The molecule has 0 spiro atoms. The fraction of sp³-hybridized carbons (Fsp3) is 0.462. The minimum atomic E-state index is 0.0930. The molecule has 0 fully saturated rings. The summed E-state index contributed by atoms with van der Waals surface area (Å²) in [5.41, 5.74) is 1.29. The van der Waals surface area contributed by atoms with Crippen LogP contribution in [0.15, 0.2) is 28.7 Å². The molecule has 1 aromatic carbocycles. The third-order valence-corrected chi connectivity index (χ3v) is 3.05. The summed E-state index contributed by atoms with van der Waals surface area (Å²) in [7, 11) is 0. The highest BCUT2D eigenvalue weighted by Gasteiger charge is 2.08. The number of hydrogen-bond donors (Lipinski definition) is 0. The first-order valence-corrected chi connectivity index (χ1v) is 6.31. The van der Waals surface area contributed by atoms with Crippen molar-refractivity contribution in [3.63, 3.8) is 0 Å². The van der Waals surface area contributed by atoms with E-state index in [2.05, 4.69) is 58.1 Å². The van der Waals surface area contributed by atoms with Crippen LogP contribution >= 0.6 is 15.9 Å². The van der Waals surface area contributed by atoms with Crippen LogP contribution in [0.25, 0.3) is 0 Å². The Bertz CT molecular complexity index is 353. The monoisotopic (exact) mass is 280 g/mol. The molecular weight excluding hydrogens is 264 g/mol. The number of benzene rings is 1. The molecular formula is C13H17BrN2. The van der Waals surface area contributed by atoms with Crippen molar-refractivity contribution in [2.24, 2.45) is 5.92 Å². The van der Waals surface area contributed by atoms with Crippen LogP contribution in [0, 0.1) is 17.2 Å². The molecule has 0 saturated heterocycles. The molecule has 0 bridgehead atoms. The molecule has 0 aliphatic heterocycles. The molecule has 0 N–H and O–H groups in total. The highest BCUT2D eigenvalue weighted by Crippen LogP contribution is 2.12. The number of nitriles is 1. The summed E-state index contributed by atoms with van der Waals surface area (Å²) in [5, 5.41) is 8.80. The van der Waals surface area contributed by atoms with Crippen LogP contribution in [0.1, 0.15) is 19.4 Å². The van der Waals surface area contributed by atoms with Gasteiger partial charge in [-0.25, -0.2) is 0 Å². The summed E-state index contributed by atoms with van der Waals surface area (Å²) in [6.45, 7) is 6.81. The highest BCUT2D eigenvalue weighted by molar-refractivity contribution is 9.10. The zero-order valence-corrected chi connectivity index (χ0v) is 11.4. The van der Waals surface area contributed by atoms with Gasteiger partial charge < -0.3 is 0 Å². The molecule has 1 atom stereocenters.